The van der Waals surface area contributed by atoms with E-state index >= 15 is 0 Å². The summed E-state index contributed by atoms with van der Waals surface area (Å²) in [5, 5.41) is 7.71. The van der Waals surface area contributed by atoms with Crippen LogP contribution in [0.15, 0.2) is 88.2 Å². The lowest BCUT2D eigenvalue weighted by Crippen LogP contribution is -2.35. The number of benzene rings is 3. The molecule has 0 radical (unpaired) electrons. The molecular weight excluding hydrogens is 556 g/mol. The average molecular weight is 588 g/mol. The van der Waals surface area contributed by atoms with Crippen molar-refractivity contribution >= 4 is 37.9 Å². The fourth-order valence-corrected chi connectivity index (χ4v) is 7.43. The molecular formula is C31H31N4O4S2+. The standard InChI is InChI=1S/C31H31N4O4S2/c1-38-25-12-6-22(7-13-25)28-20-30(24-8-14-26(39-2)15-9-24)35(33-28)31-32-29(21-40-31)23-10-16-27(17-11-23)41(36,37)34-18-4-3-5-19-34/h6-17,21H,3-5,18-20H2,1-2H3/q+1. The zero-order valence-electron chi connectivity index (χ0n) is 23.0. The van der Waals surface area contributed by atoms with Crippen molar-refractivity contribution in [2.24, 2.45) is 5.10 Å². The predicted octanol–water partition coefficient (Wildman–Crippen LogP) is 5.94. The van der Waals surface area contributed by atoms with E-state index in [4.69, 9.17) is 19.6 Å². The Bertz CT molecular complexity index is 1700. The number of nitrogens with zero attached hydrogens (tertiary/aromatic N) is 4. The molecule has 4 aromatic rings. The van der Waals surface area contributed by atoms with E-state index in [0.717, 1.165) is 69.7 Å². The zero-order valence-corrected chi connectivity index (χ0v) is 24.6. The molecule has 1 fully saturated rings. The summed E-state index contributed by atoms with van der Waals surface area (Å²) in [5.41, 5.74) is 5.62. The van der Waals surface area contributed by atoms with E-state index in [0.29, 0.717) is 24.4 Å². The van der Waals surface area contributed by atoms with Crippen LogP contribution in [0, 0.1) is 0 Å². The molecule has 0 unspecified atom stereocenters. The molecule has 210 valence electrons. The second-order valence-electron chi connectivity index (χ2n) is 9.94. The van der Waals surface area contributed by atoms with Gasteiger partial charge in [0.05, 0.1) is 36.6 Å². The normalized spacial score (nSPS) is 16.1. The highest BCUT2D eigenvalue weighted by atomic mass is 32.2. The Kier molecular flexibility index (Phi) is 7.70. The molecule has 0 aliphatic carbocycles. The van der Waals surface area contributed by atoms with Gasteiger partial charge in [0.15, 0.2) is 5.69 Å². The minimum atomic E-state index is -3.48. The van der Waals surface area contributed by atoms with E-state index in [2.05, 4.69) is 0 Å². The Labute approximate surface area is 244 Å². The first kappa shape index (κ1) is 27.3. The second-order valence-corrected chi connectivity index (χ2v) is 12.7. The molecule has 0 amide bonds. The van der Waals surface area contributed by atoms with Crippen LogP contribution in [0.4, 0.5) is 5.13 Å². The molecule has 10 heteroatoms. The first-order valence-corrected chi connectivity index (χ1v) is 15.9. The average Bonchev–Trinajstić information content (AvgIpc) is 3.70. The summed E-state index contributed by atoms with van der Waals surface area (Å²) in [7, 11) is -0.172. The highest BCUT2D eigenvalue weighted by Crippen LogP contribution is 2.32. The molecule has 6 rings (SSSR count). The van der Waals surface area contributed by atoms with Gasteiger partial charge in [-0.15, -0.1) is 0 Å². The molecule has 0 N–H and O–H groups in total. The van der Waals surface area contributed by atoms with E-state index in [1.54, 1.807) is 30.7 Å². The van der Waals surface area contributed by atoms with Gasteiger partial charge in [-0.3, -0.25) is 0 Å². The fraction of sp³-hybridized carbons (Fsp3) is 0.258. The van der Waals surface area contributed by atoms with Gasteiger partial charge < -0.3 is 9.47 Å². The number of rotatable bonds is 8. The van der Waals surface area contributed by atoms with E-state index in [9.17, 15) is 8.42 Å². The molecule has 0 spiro atoms. The molecule has 0 saturated carbocycles. The van der Waals surface area contributed by atoms with Crippen LogP contribution in [0.5, 0.6) is 11.5 Å². The van der Waals surface area contributed by atoms with Crippen LogP contribution in [0.2, 0.25) is 0 Å². The minimum Gasteiger partial charge on any atom is -0.497 e. The Balaban J connectivity index is 1.32. The molecule has 0 atom stereocenters. The van der Waals surface area contributed by atoms with Crippen LogP contribution in [0.3, 0.4) is 0 Å². The monoisotopic (exact) mass is 587 g/mol. The number of hydrogen-bond donors (Lipinski definition) is 0. The van der Waals surface area contributed by atoms with Gasteiger partial charge >= 0.3 is 5.13 Å². The Hall–Kier alpha value is -3.86. The molecule has 0 bridgehead atoms. The summed E-state index contributed by atoms with van der Waals surface area (Å²) < 4.78 is 40.3. The highest BCUT2D eigenvalue weighted by molar-refractivity contribution is 7.89. The topological polar surface area (TPSA) is 84.1 Å². The van der Waals surface area contributed by atoms with Crippen LogP contribution in [0.1, 0.15) is 36.8 Å². The number of thiazole rings is 1. The van der Waals surface area contributed by atoms with E-state index in [-0.39, 0.29) is 0 Å². The quantitative estimate of drug-likeness (QED) is 0.238. The molecule has 8 nitrogen and oxygen atoms in total. The Morgan fingerprint density at radius 2 is 1.37 bits per heavy atom. The second kappa shape index (κ2) is 11.6. The largest absolute Gasteiger partial charge is 0.497 e. The van der Waals surface area contributed by atoms with Crippen molar-refractivity contribution in [1.82, 2.24) is 9.29 Å². The molecule has 1 saturated heterocycles. The van der Waals surface area contributed by atoms with Crippen LogP contribution < -0.4 is 9.47 Å². The summed E-state index contributed by atoms with van der Waals surface area (Å²) in [6.45, 7) is 1.17. The summed E-state index contributed by atoms with van der Waals surface area (Å²) in [6.07, 6.45) is 3.54. The summed E-state index contributed by atoms with van der Waals surface area (Å²) in [6, 6.07) is 22.9. The summed E-state index contributed by atoms with van der Waals surface area (Å²) >= 11 is 1.50. The number of hydrogen-bond acceptors (Lipinski definition) is 7. The third-order valence-corrected chi connectivity index (χ3v) is 10.2. The third-order valence-electron chi connectivity index (χ3n) is 7.43. The van der Waals surface area contributed by atoms with Crippen LogP contribution >= 0.6 is 11.3 Å². The van der Waals surface area contributed by atoms with Gasteiger partial charge in [-0.05, 0) is 102 Å². The van der Waals surface area contributed by atoms with Crippen molar-refractivity contribution in [3.05, 3.63) is 89.3 Å². The summed E-state index contributed by atoms with van der Waals surface area (Å²) in [4.78, 5) is 5.24. The van der Waals surface area contributed by atoms with Crippen molar-refractivity contribution in [1.29, 1.82) is 0 Å². The lowest BCUT2D eigenvalue weighted by atomic mass is 10.0. The Morgan fingerprint density at radius 3 is 1.98 bits per heavy atom. The lowest BCUT2D eigenvalue weighted by molar-refractivity contribution is -0.441. The van der Waals surface area contributed by atoms with Gasteiger partial charge in [-0.1, -0.05) is 16.2 Å². The molecule has 1 aromatic heterocycles. The van der Waals surface area contributed by atoms with E-state index < -0.39 is 10.0 Å². The third kappa shape index (κ3) is 5.55. The van der Waals surface area contributed by atoms with Crippen molar-refractivity contribution in [3.63, 3.8) is 0 Å². The first-order valence-electron chi connectivity index (χ1n) is 13.5. The number of methoxy groups -OCH3 is 2. The number of aromatic nitrogens is 1. The molecule has 3 aromatic carbocycles. The number of sulfonamides is 1. The van der Waals surface area contributed by atoms with Crippen molar-refractivity contribution < 1.29 is 22.6 Å². The van der Waals surface area contributed by atoms with Crippen LogP contribution in [0.25, 0.3) is 11.3 Å². The first-order chi connectivity index (χ1) is 20.0. The lowest BCUT2D eigenvalue weighted by Gasteiger charge is -2.25. The van der Waals surface area contributed by atoms with E-state index in [1.165, 1.54) is 11.3 Å². The molecule has 41 heavy (non-hydrogen) atoms. The fourth-order valence-electron chi connectivity index (χ4n) is 5.11. The predicted molar refractivity (Wildman–Crippen MR) is 161 cm³/mol. The van der Waals surface area contributed by atoms with Crippen LogP contribution in [-0.2, 0) is 10.0 Å². The SMILES string of the molecule is COc1ccc(C2=N[N+](c3nc(-c4ccc(S(=O)(=O)N5CCCCC5)cc4)cs3)=C(c3ccc(OC)cc3)C2)cc1. The molecule has 3 heterocycles. The number of piperidine rings is 1. The van der Waals surface area contributed by atoms with Gasteiger partial charge in [-0.2, -0.15) is 4.31 Å². The van der Waals surface area contributed by atoms with Crippen molar-refractivity contribution in [2.45, 2.75) is 30.6 Å². The maximum Gasteiger partial charge on any atom is 0.408 e. The van der Waals surface area contributed by atoms with Gasteiger partial charge in [0.1, 0.15) is 17.2 Å². The number of ether oxygens (including phenoxy) is 2. The van der Waals surface area contributed by atoms with Gasteiger partial charge in [0, 0.05) is 29.8 Å². The van der Waals surface area contributed by atoms with E-state index in [1.807, 2.05) is 70.7 Å². The minimum absolute atomic E-state index is 0.321. The maximum atomic E-state index is 13.1. The highest BCUT2D eigenvalue weighted by Gasteiger charge is 2.31. The smallest absolute Gasteiger partial charge is 0.408 e. The van der Waals surface area contributed by atoms with Crippen molar-refractivity contribution in [2.75, 3.05) is 27.3 Å². The van der Waals surface area contributed by atoms with Gasteiger partial charge in [0.25, 0.3) is 0 Å². The van der Waals surface area contributed by atoms with Gasteiger partial charge in [0.2, 0.25) is 10.0 Å². The van der Waals surface area contributed by atoms with Crippen LogP contribution in [-0.4, -0.2) is 61.1 Å². The maximum absolute atomic E-state index is 13.1. The number of hydrazone groups is 1. The van der Waals surface area contributed by atoms with Gasteiger partial charge in [-0.25, -0.2) is 8.42 Å². The molecule has 2 aliphatic heterocycles. The zero-order chi connectivity index (χ0) is 28.4. The summed E-state index contributed by atoms with van der Waals surface area (Å²) in [5.74, 6) is 1.58. The van der Waals surface area contributed by atoms with Crippen molar-refractivity contribution in [3.8, 4) is 22.8 Å². The Morgan fingerprint density at radius 1 is 0.780 bits per heavy atom. The molecule has 2 aliphatic rings.